The highest BCUT2D eigenvalue weighted by Gasteiger charge is 2.31. The van der Waals surface area contributed by atoms with E-state index >= 15 is 0 Å². The molecule has 190 valence electrons. The predicted molar refractivity (Wildman–Crippen MR) is 135 cm³/mol. The molecule has 1 atom stereocenters. The van der Waals surface area contributed by atoms with Crippen molar-refractivity contribution in [3.05, 3.63) is 66.0 Å². The third-order valence-electron chi connectivity index (χ3n) is 6.38. The number of benzene rings is 2. The van der Waals surface area contributed by atoms with Crippen LogP contribution in [0.3, 0.4) is 0 Å². The van der Waals surface area contributed by atoms with Crippen LogP contribution in [0, 0.1) is 5.82 Å². The second kappa shape index (κ2) is 12.2. The van der Waals surface area contributed by atoms with E-state index in [0.29, 0.717) is 6.42 Å². The second-order valence-electron chi connectivity index (χ2n) is 9.09. The third kappa shape index (κ3) is 7.78. The zero-order valence-electron chi connectivity index (χ0n) is 20.3. The Morgan fingerprint density at radius 1 is 1.06 bits per heavy atom. The van der Waals surface area contributed by atoms with E-state index in [2.05, 4.69) is 5.32 Å². The van der Waals surface area contributed by atoms with Gasteiger partial charge in [0, 0.05) is 12.6 Å². The molecule has 0 radical (unpaired) electrons. The number of rotatable bonds is 10. The maximum atomic E-state index is 13.8. The minimum atomic E-state index is -3.88. The normalized spacial score (nSPS) is 15.3. The average molecular weight is 504 g/mol. The van der Waals surface area contributed by atoms with Gasteiger partial charge in [-0.1, -0.05) is 55.7 Å². The van der Waals surface area contributed by atoms with Crippen LogP contribution in [0.5, 0.6) is 0 Å². The summed E-state index contributed by atoms with van der Waals surface area (Å²) in [5, 5.41) is 3.06. The summed E-state index contributed by atoms with van der Waals surface area (Å²) in [6.45, 7) is 1.37. The number of anilines is 1. The molecule has 1 N–H and O–H groups in total. The summed E-state index contributed by atoms with van der Waals surface area (Å²) in [6, 6.07) is 14.0. The van der Waals surface area contributed by atoms with Gasteiger partial charge in [-0.3, -0.25) is 13.9 Å². The van der Waals surface area contributed by atoms with Gasteiger partial charge in [-0.25, -0.2) is 12.8 Å². The van der Waals surface area contributed by atoms with Crippen molar-refractivity contribution >= 4 is 27.5 Å². The van der Waals surface area contributed by atoms with Crippen molar-refractivity contribution in [2.24, 2.45) is 0 Å². The van der Waals surface area contributed by atoms with Gasteiger partial charge >= 0.3 is 0 Å². The van der Waals surface area contributed by atoms with Gasteiger partial charge in [0.1, 0.15) is 18.4 Å². The Morgan fingerprint density at radius 2 is 1.74 bits per heavy atom. The quantitative estimate of drug-likeness (QED) is 0.538. The minimum Gasteiger partial charge on any atom is -0.352 e. The molecule has 0 spiro atoms. The number of carbonyl (C=O) groups excluding carboxylic acids is 2. The van der Waals surface area contributed by atoms with Gasteiger partial charge in [-0.05, 0) is 49.9 Å². The molecule has 0 aromatic heterocycles. The smallest absolute Gasteiger partial charge is 0.244 e. The molecule has 0 saturated heterocycles. The Morgan fingerprint density at radius 3 is 2.37 bits per heavy atom. The van der Waals surface area contributed by atoms with Gasteiger partial charge in [0.25, 0.3) is 0 Å². The van der Waals surface area contributed by atoms with E-state index in [1.807, 2.05) is 30.3 Å². The van der Waals surface area contributed by atoms with Crippen LogP contribution in [-0.4, -0.2) is 56.6 Å². The zero-order valence-corrected chi connectivity index (χ0v) is 21.1. The summed E-state index contributed by atoms with van der Waals surface area (Å²) < 4.78 is 39.7. The summed E-state index contributed by atoms with van der Waals surface area (Å²) in [4.78, 5) is 28.0. The van der Waals surface area contributed by atoms with Crippen molar-refractivity contribution < 1.29 is 22.4 Å². The van der Waals surface area contributed by atoms with Crippen LogP contribution < -0.4 is 9.62 Å². The van der Waals surface area contributed by atoms with Crippen molar-refractivity contribution in [1.29, 1.82) is 0 Å². The van der Waals surface area contributed by atoms with E-state index in [1.165, 1.54) is 23.1 Å². The summed E-state index contributed by atoms with van der Waals surface area (Å²) in [6.07, 6.45) is 6.59. The molecular formula is C26H34FN3O4S. The Hall–Kier alpha value is -2.94. The number of sulfonamides is 1. The van der Waals surface area contributed by atoms with Gasteiger partial charge in [0.15, 0.2) is 0 Å². The van der Waals surface area contributed by atoms with Crippen LogP contribution in [0.1, 0.15) is 44.6 Å². The first-order chi connectivity index (χ1) is 16.6. The molecule has 9 heteroatoms. The topological polar surface area (TPSA) is 86.8 Å². The van der Waals surface area contributed by atoms with Gasteiger partial charge in [0.05, 0.1) is 11.9 Å². The molecule has 3 rings (SSSR count). The lowest BCUT2D eigenvalue weighted by molar-refractivity contribution is -0.139. The van der Waals surface area contributed by atoms with Crippen LogP contribution in [0.4, 0.5) is 10.1 Å². The van der Waals surface area contributed by atoms with E-state index in [4.69, 9.17) is 0 Å². The van der Waals surface area contributed by atoms with Crippen molar-refractivity contribution in [2.45, 2.75) is 57.5 Å². The molecule has 1 unspecified atom stereocenters. The number of hydrogen-bond acceptors (Lipinski definition) is 4. The fourth-order valence-electron chi connectivity index (χ4n) is 4.38. The highest BCUT2D eigenvalue weighted by molar-refractivity contribution is 7.92. The minimum absolute atomic E-state index is 0.0585. The highest BCUT2D eigenvalue weighted by Crippen LogP contribution is 2.20. The molecule has 7 nitrogen and oxygen atoms in total. The average Bonchev–Trinajstić information content (AvgIpc) is 2.83. The van der Waals surface area contributed by atoms with Gasteiger partial charge < -0.3 is 10.2 Å². The number of carbonyl (C=O) groups is 2. The van der Waals surface area contributed by atoms with Crippen LogP contribution in [0.2, 0.25) is 0 Å². The molecule has 1 aliphatic carbocycles. The van der Waals surface area contributed by atoms with Crippen molar-refractivity contribution in [3.63, 3.8) is 0 Å². The van der Waals surface area contributed by atoms with Crippen molar-refractivity contribution in [2.75, 3.05) is 23.7 Å². The van der Waals surface area contributed by atoms with E-state index in [-0.39, 0.29) is 24.2 Å². The predicted octanol–water partition coefficient (Wildman–Crippen LogP) is 3.50. The first kappa shape index (κ1) is 26.7. The summed E-state index contributed by atoms with van der Waals surface area (Å²) in [5.74, 6) is -1.39. The van der Waals surface area contributed by atoms with E-state index in [0.717, 1.165) is 54.3 Å². The van der Waals surface area contributed by atoms with E-state index in [9.17, 15) is 22.4 Å². The molecular weight excluding hydrogens is 469 g/mol. The molecule has 1 saturated carbocycles. The lowest BCUT2D eigenvalue weighted by atomic mass is 9.95. The SMILES string of the molecule is CC(C(=O)NC1CCCCC1)N(CCc1ccccc1)C(=O)CN(c1cccc(F)c1)S(C)(=O)=O. The van der Waals surface area contributed by atoms with Crippen LogP contribution in [0.25, 0.3) is 0 Å². The summed E-state index contributed by atoms with van der Waals surface area (Å²) in [5.41, 5.74) is 1.05. The molecule has 1 aliphatic rings. The Kier molecular flexibility index (Phi) is 9.26. The molecule has 0 heterocycles. The number of nitrogens with one attached hydrogen (secondary N) is 1. The molecule has 2 aromatic carbocycles. The fraction of sp³-hybridized carbons (Fsp3) is 0.462. The van der Waals surface area contributed by atoms with Gasteiger partial charge in [0.2, 0.25) is 21.8 Å². The Labute approximate surface area is 207 Å². The molecule has 2 aromatic rings. The summed E-state index contributed by atoms with van der Waals surface area (Å²) >= 11 is 0. The Balaban J connectivity index is 1.81. The molecule has 0 bridgehead atoms. The molecule has 35 heavy (non-hydrogen) atoms. The van der Waals surface area contributed by atoms with Crippen LogP contribution in [-0.2, 0) is 26.0 Å². The molecule has 2 amide bonds. The largest absolute Gasteiger partial charge is 0.352 e. The van der Waals surface area contributed by atoms with Crippen LogP contribution >= 0.6 is 0 Å². The number of amides is 2. The zero-order chi connectivity index (χ0) is 25.4. The number of hydrogen-bond donors (Lipinski definition) is 1. The lowest BCUT2D eigenvalue weighted by Gasteiger charge is -2.33. The monoisotopic (exact) mass is 503 g/mol. The van der Waals surface area contributed by atoms with Crippen molar-refractivity contribution in [1.82, 2.24) is 10.2 Å². The molecule has 0 aliphatic heterocycles. The Bertz CT molecular complexity index is 1100. The van der Waals surface area contributed by atoms with Crippen LogP contribution in [0.15, 0.2) is 54.6 Å². The van der Waals surface area contributed by atoms with Crippen molar-refractivity contribution in [3.8, 4) is 0 Å². The maximum absolute atomic E-state index is 13.8. The first-order valence-electron chi connectivity index (χ1n) is 12.0. The third-order valence-corrected chi connectivity index (χ3v) is 7.52. The first-order valence-corrected chi connectivity index (χ1v) is 13.9. The van der Waals surface area contributed by atoms with Gasteiger partial charge in [-0.15, -0.1) is 0 Å². The molecule has 1 fully saturated rings. The van der Waals surface area contributed by atoms with E-state index in [1.54, 1.807) is 6.92 Å². The van der Waals surface area contributed by atoms with Gasteiger partial charge in [-0.2, -0.15) is 0 Å². The standard InChI is InChI=1S/C26H34FN3O4S/c1-20(26(32)28-23-13-7-4-8-14-23)29(17-16-21-10-5-3-6-11-21)25(31)19-30(35(2,33)34)24-15-9-12-22(27)18-24/h3,5-6,9-12,15,18,20,23H,4,7-8,13-14,16-17,19H2,1-2H3,(H,28,32). The second-order valence-corrected chi connectivity index (χ2v) is 11.0. The van der Waals surface area contributed by atoms with E-state index < -0.39 is 34.3 Å². The number of halogens is 1. The number of nitrogens with zero attached hydrogens (tertiary/aromatic N) is 2. The lowest BCUT2D eigenvalue weighted by Crippen LogP contribution is -2.53. The highest BCUT2D eigenvalue weighted by atomic mass is 32.2. The fourth-order valence-corrected chi connectivity index (χ4v) is 5.23. The maximum Gasteiger partial charge on any atom is 0.244 e. The summed E-state index contributed by atoms with van der Waals surface area (Å²) in [7, 11) is -3.88.